The number of aromatic nitrogens is 1. The van der Waals surface area contributed by atoms with E-state index >= 15 is 0 Å². The molecule has 0 unspecified atom stereocenters. The van der Waals surface area contributed by atoms with Crippen LogP contribution < -0.4 is 4.72 Å². The molecular weight excluding hydrogens is 348 g/mol. The van der Waals surface area contributed by atoms with Crippen LogP contribution in [0.1, 0.15) is 0 Å². The van der Waals surface area contributed by atoms with E-state index in [-0.39, 0.29) is 4.90 Å². The standard InChI is InChI=1S/C9H6BrClN2O2S2/c10-8-5-12-9(16-8)13-17(14,15)7-3-1-2-6(11)4-7/h1-5H,(H,12,13). The minimum atomic E-state index is -3.63. The van der Waals surface area contributed by atoms with E-state index in [4.69, 9.17) is 11.6 Å². The number of thiazole rings is 1. The molecule has 0 saturated carbocycles. The second-order valence-corrected chi connectivity index (χ2v) is 7.56. The van der Waals surface area contributed by atoms with Gasteiger partial charge in [-0.2, -0.15) is 0 Å². The molecular formula is C9H6BrClN2O2S2. The van der Waals surface area contributed by atoms with Crippen LogP contribution in [0.15, 0.2) is 39.1 Å². The summed E-state index contributed by atoms with van der Waals surface area (Å²) in [6.07, 6.45) is 1.53. The van der Waals surface area contributed by atoms with E-state index in [1.807, 2.05) is 0 Å². The van der Waals surface area contributed by atoms with Crippen molar-refractivity contribution >= 4 is 54.0 Å². The van der Waals surface area contributed by atoms with Crippen LogP contribution in [0.4, 0.5) is 5.13 Å². The van der Waals surface area contributed by atoms with E-state index in [1.54, 1.807) is 12.1 Å². The van der Waals surface area contributed by atoms with Crippen LogP contribution in [0.2, 0.25) is 5.02 Å². The summed E-state index contributed by atoms with van der Waals surface area (Å²) in [5, 5.41) is 0.671. The molecule has 2 aromatic rings. The fraction of sp³-hybridized carbons (Fsp3) is 0. The van der Waals surface area contributed by atoms with Gasteiger partial charge in [0.2, 0.25) is 0 Å². The lowest BCUT2D eigenvalue weighted by Crippen LogP contribution is -2.12. The molecule has 0 saturated heterocycles. The number of rotatable bonds is 3. The third-order valence-electron chi connectivity index (χ3n) is 1.81. The molecule has 1 heterocycles. The Kier molecular flexibility index (Phi) is 3.72. The van der Waals surface area contributed by atoms with E-state index in [2.05, 4.69) is 25.6 Å². The molecule has 1 aromatic heterocycles. The fourth-order valence-electron chi connectivity index (χ4n) is 1.11. The van der Waals surface area contributed by atoms with E-state index in [0.717, 1.165) is 3.79 Å². The first-order valence-electron chi connectivity index (χ1n) is 4.37. The second kappa shape index (κ2) is 4.93. The number of sulfonamides is 1. The maximum absolute atomic E-state index is 11.9. The third kappa shape index (κ3) is 3.19. The molecule has 1 aromatic carbocycles. The fourth-order valence-corrected chi connectivity index (χ4v) is 3.76. The molecule has 0 bridgehead atoms. The summed E-state index contributed by atoms with van der Waals surface area (Å²) in [6, 6.07) is 6.04. The Balaban J connectivity index is 2.31. The highest BCUT2D eigenvalue weighted by Gasteiger charge is 2.16. The van der Waals surface area contributed by atoms with Gasteiger partial charge in [-0.15, -0.1) is 0 Å². The maximum Gasteiger partial charge on any atom is 0.263 e. The first kappa shape index (κ1) is 12.8. The van der Waals surface area contributed by atoms with E-state index in [1.165, 1.54) is 29.7 Å². The molecule has 0 fully saturated rings. The van der Waals surface area contributed by atoms with Crippen LogP contribution in [-0.2, 0) is 10.0 Å². The molecule has 2 rings (SSSR count). The molecule has 0 aliphatic rings. The molecule has 0 aliphatic heterocycles. The highest BCUT2D eigenvalue weighted by Crippen LogP contribution is 2.26. The van der Waals surface area contributed by atoms with Gasteiger partial charge in [-0.25, -0.2) is 13.4 Å². The monoisotopic (exact) mass is 352 g/mol. The van der Waals surface area contributed by atoms with Gasteiger partial charge >= 0.3 is 0 Å². The lowest BCUT2D eigenvalue weighted by Gasteiger charge is -2.04. The van der Waals surface area contributed by atoms with E-state index in [9.17, 15) is 8.42 Å². The normalized spacial score (nSPS) is 11.4. The number of nitrogens with one attached hydrogen (secondary N) is 1. The van der Waals surface area contributed by atoms with Crippen molar-refractivity contribution in [2.75, 3.05) is 4.72 Å². The van der Waals surface area contributed by atoms with Crippen LogP contribution in [0.25, 0.3) is 0 Å². The van der Waals surface area contributed by atoms with Gasteiger partial charge in [-0.05, 0) is 34.1 Å². The number of nitrogens with zero attached hydrogens (tertiary/aromatic N) is 1. The molecule has 0 amide bonds. The summed E-state index contributed by atoms with van der Waals surface area (Å²) in [4.78, 5) is 4.00. The maximum atomic E-state index is 11.9. The minimum absolute atomic E-state index is 0.108. The quantitative estimate of drug-likeness (QED) is 0.920. The van der Waals surface area contributed by atoms with Crippen molar-refractivity contribution in [2.45, 2.75) is 4.90 Å². The van der Waals surface area contributed by atoms with Crippen molar-refractivity contribution < 1.29 is 8.42 Å². The lowest BCUT2D eigenvalue weighted by molar-refractivity contribution is 0.601. The Labute approximate surface area is 116 Å². The van der Waals surface area contributed by atoms with E-state index < -0.39 is 10.0 Å². The third-order valence-corrected chi connectivity index (χ3v) is 4.90. The summed E-state index contributed by atoms with van der Waals surface area (Å²) >= 11 is 10.1. The zero-order valence-electron chi connectivity index (χ0n) is 8.22. The summed E-state index contributed by atoms with van der Waals surface area (Å²) in [5.41, 5.74) is 0. The molecule has 1 N–H and O–H groups in total. The number of hydrogen-bond acceptors (Lipinski definition) is 4. The predicted octanol–water partition coefficient (Wildman–Crippen LogP) is 3.36. The molecule has 0 radical (unpaired) electrons. The van der Waals surface area contributed by atoms with Crippen molar-refractivity contribution in [1.82, 2.24) is 4.98 Å². The largest absolute Gasteiger partial charge is 0.263 e. The van der Waals surface area contributed by atoms with Crippen LogP contribution >= 0.6 is 38.9 Å². The van der Waals surface area contributed by atoms with Crippen LogP contribution in [0.3, 0.4) is 0 Å². The van der Waals surface area contributed by atoms with Gasteiger partial charge in [0.1, 0.15) is 0 Å². The topological polar surface area (TPSA) is 59.1 Å². The molecule has 0 spiro atoms. The van der Waals surface area contributed by atoms with Crippen LogP contribution in [0, 0.1) is 0 Å². The average Bonchev–Trinajstić information content (AvgIpc) is 2.63. The number of benzene rings is 1. The Hall–Kier alpha value is -0.630. The Morgan fingerprint density at radius 1 is 1.41 bits per heavy atom. The second-order valence-electron chi connectivity index (χ2n) is 3.03. The number of hydrogen-bond donors (Lipinski definition) is 1. The van der Waals surface area contributed by atoms with Crippen molar-refractivity contribution in [3.8, 4) is 0 Å². The molecule has 4 nitrogen and oxygen atoms in total. The van der Waals surface area contributed by atoms with E-state index in [0.29, 0.717) is 10.2 Å². The van der Waals surface area contributed by atoms with Crippen molar-refractivity contribution in [1.29, 1.82) is 0 Å². The minimum Gasteiger partial charge on any atom is -0.255 e. The average molecular weight is 354 g/mol. The number of halogens is 2. The molecule has 0 aliphatic carbocycles. The van der Waals surface area contributed by atoms with Crippen molar-refractivity contribution in [2.24, 2.45) is 0 Å². The SMILES string of the molecule is O=S(=O)(Nc1ncc(Br)s1)c1cccc(Cl)c1. The Bertz CT molecular complexity index is 642. The zero-order chi connectivity index (χ0) is 12.5. The highest BCUT2D eigenvalue weighted by molar-refractivity contribution is 9.11. The summed E-state index contributed by atoms with van der Waals surface area (Å²) in [7, 11) is -3.63. The molecule has 17 heavy (non-hydrogen) atoms. The van der Waals surface area contributed by atoms with Gasteiger partial charge in [0.15, 0.2) is 5.13 Å². The summed E-state index contributed by atoms with van der Waals surface area (Å²) in [5.74, 6) is 0. The Morgan fingerprint density at radius 2 is 2.18 bits per heavy atom. The molecule has 8 heteroatoms. The van der Waals surface area contributed by atoms with Gasteiger partial charge in [-0.1, -0.05) is 29.0 Å². The van der Waals surface area contributed by atoms with Crippen LogP contribution in [-0.4, -0.2) is 13.4 Å². The van der Waals surface area contributed by atoms with Gasteiger partial charge in [0.05, 0.1) is 14.9 Å². The van der Waals surface area contributed by atoms with Gasteiger partial charge in [0, 0.05) is 5.02 Å². The summed E-state index contributed by atoms with van der Waals surface area (Å²) < 4.78 is 27.0. The van der Waals surface area contributed by atoms with Crippen molar-refractivity contribution in [3.63, 3.8) is 0 Å². The first-order chi connectivity index (χ1) is 7.97. The first-order valence-corrected chi connectivity index (χ1v) is 7.84. The molecule has 90 valence electrons. The van der Waals surface area contributed by atoms with Crippen molar-refractivity contribution in [3.05, 3.63) is 39.3 Å². The highest BCUT2D eigenvalue weighted by atomic mass is 79.9. The lowest BCUT2D eigenvalue weighted by atomic mass is 10.4. The Morgan fingerprint density at radius 3 is 2.76 bits per heavy atom. The predicted molar refractivity (Wildman–Crippen MR) is 72.1 cm³/mol. The van der Waals surface area contributed by atoms with Gasteiger partial charge < -0.3 is 0 Å². The summed E-state index contributed by atoms with van der Waals surface area (Å²) in [6.45, 7) is 0. The molecule has 0 atom stereocenters. The number of anilines is 1. The zero-order valence-corrected chi connectivity index (χ0v) is 12.2. The van der Waals surface area contributed by atoms with Gasteiger partial charge in [0.25, 0.3) is 10.0 Å². The van der Waals surface area contributed by atoms with Gasteiger partial charge in [-0.3, -0.25) is 4.72 Å². The smallest absolute Gasteiger partial charge is 0.255 e. The van der Waals surface area contributed by atoms with Crippen LogP contribution in [0.5, 0.6) is 0 Å².